The molecule has 1 aliphatic carbocycles. The molecule has 2 N–H and O–H groups in total. The molecule has 6 heteroatoms. The summed E-state index contributed by atoms with van der Waals surface area (Å²) in [6, 6.07) is 13.7. The molecule has 2 aromatic carbocycles. The number of amides is 2. The number of carbonyl (C=O) groups excluding carboxylic acids is 3. The number of ether oxygens (including phenoxy) is 1. The number of Topliss-reactive ketones (excluding diaryl/α,β-unsaturated/α-hetero) is 1. The molecule has 27 heavy (non-hydrogen) atoms. The molecule has 0 aromatic heterocycles. The molecule has 2 aromatic rings. The zero-order valence-corrected chi connectivity index (χ0v) is 15.3. The summed E-state index contributed by atoms with van der Waals surface area (Å²) in [7, 11) is 0. The van der Waals surface area contributed by atoms with E-state index in [-0.39, 0.29) is 23.6 Å². The Labute approximate surface area is 157 Å². The molecule has 0 spiro atoms. The summed E-state index contributed by atoms with van der Waals surface area (Å²) in [5, 5.41) is 5.68. The molecule has 1 saturated carbocycles. The maximum absolute atomic E-state index is 12.4. The first-order valence-corrected chi connectivity index (χ1v) is 8.92. The Bertz CT molecular complexity index is 857. The molecule has 6 nitrogen and oxygen atoms in total. The van der Waals surface area contributed by atoms with E-state index in [1.54, 1.807) is 55.5 Å². The van der Waals surface area contributed by atoms with Crippen LogP contribution in [0.1, 0.15) is 47.4 Å². The molecule has 1 fully saturated rings. The Morgan fingerprint density at radius 1 is 1.04 bits per heavy atom. The lowest BCUT2D eigenvalue weighted by Gasteiger charge is -2.15. The van der Waals surface area contributed by atoms with Crippen molar-refractivity contribution in [3.05, 3.63) is 59.7 Å². The minimum atomic E-state index is -0.739. The summed E-state index contributed by atoms with van der Waals surface area (Å²) >= 11 is 0. The number of nitrogens with one attached hydrogen (secondary N) is 2. The van der Waals surface area contributed by atoms with Crippen molar-refractivity contribution in [3.8, 4) is 5.75 Å². The quantitative estimate of drug-likeness (QED) is 0.737. The van der Waals surface area contributed by atoms with Gasteiger partial charge in [-0.1, -0.05) is 6.07 Å². The van der Waals surface area contributed by atoms with E-state index in [0.717, 1.165) is 12.8 Å². The van der Waals surface area contributed by atoms with Gasteiger partial charge in [0.2, 0.25) is 0 Å². The van der Waals surface area contributed by atoms with E-state index in [1.165, 1.54) is 6.92 Å². The number of carbonyl (C=O) groups is 3. The molecule has 140 valence electrons. The second-order valence-corrected chi connectivity index (χ2v) is 6.66. The van der Waals surface area contributed by atoms with Crippen molar-refractivity contribution in [2.75, 3.05) is 5.32 Å². The third kappa shape index (κ3) is 5.17. The highest BCUT2D eigenvalue weighted by Gasteiger charge is 2.24. The van der Waals surface area contributed by atoms with Gasteiger partial charge in [-0.25, -0.2) is 0 Å². The number of ketones is 1. The van der Waals surface area contributed by atoms with E-state index in [9.17, 15) is 14.4 Å². The highest BCUT2D eigenvalue weighted by Crippen LogP contribution is 2.20. The average Bonchev–Trinajstić information content (AvgIpc) is 3.46. The summed E-state index contributed by atoms with van der Waals surface area (Å²) in [6.07, 6.45) is 1.30. The van der Waals surface area contributed by atoms with Crippen LogP contribution in [0.4, 0.5) is 5.69 Å². The molecule has 0 radical (unpaired) electrons. The third-order valence-corrected chi connectivity index (χ3v) is 4.25. The third-order valence-electron chi connectivity index (χ3n) is 4.25. The summed E-state index contributed by atoms with van der Waals surface area (Å²) in [5.41, 5.74) is 1.62. The fourth-order valence-electron chi connectivity index (χ4n) is 2.50. The number of rotatable bonds is 7. The van der Waals surface area contributed by atoms with Gasteiger partial charge in [0.15, 0.2) is 11.9 Å². The van der Waals surface area contributed by atoms with E-state index < -0.39 is 6.10 Å². The van der Waals surface area contributed by atoms with Crippen LogP contribution in [0.25, 0.3) is 0 Å². The summed E-state index contributed by atoms with van der Waals surface area (Å²) in [5.74, 6) is 0.00649. The SMILES string of the molecule is CC(=O)c1ccc(OC(C)C(=O)Nc2cccc(C(=O)NC3CC3)c2)cc1. The van der Waals surface area contributed by atoms with E-state index >= 15 is 0 Å². The Morgan fingerprint density at radius 3 is 2.37 bits per heavy atom. The number of hydrogen-bond donors (Lipinski definition) is 2. The highest BCUT2D eigenvalue weighted by atomic mass is 16.5. The van der Waals surface area contributed by atoms with Crippen molar-refractivity contribution in [2.24, 2.45) is 0 Å². The lowest BCUT2D eigenvalue weighted by molar-refractivity contribution is -0.122. The maximum atomic E-state index is 12.4. The van der Waals surface area contributed by atoms with Gasteiger partial charge < -0.3 is 15.4 Å². The molecule has 1 aliphatic rings. The molecule has 0 saturated heterocycles. The van der Waals surface area contributed by atoms with Crippen molar-refractivity contribution in [2.45, 2.75) is 38.8 Å². The maximum Gasteiger partial charge on any atom is 0.265 e. The lowest BCUT2D eigenvalue weighted by Crippen LogP contribution is -2.30. The van der Waals surface area contributed by atoms with E-state index in [0.29, 0.717) is 22.6 Å². The van der Waals surface area contributed by atoms with Crippen molar-refractivity contribution in [1.29, 1.82) is 0 Å². The Balaban J connectivity index is 1.58. The molecule has 0 bridgehead atoms. The van der Waals surface area contributed by atoms with Crippen LogP contribution in [0.2, 0.25) is 0 Å². The predicted octanol–water partition coefficient (Wildman–Crippen LogP) is 3.19. The van der Waals surface area contributed by atoms with Crippen molar-refractivity contribution in [3.63, 3.8) is 0 Å². The van der Waals surface area contributed by atoms with Crippen LogP contribution in [0.15, 0.2) is 48.5 Å². The predicted molar refractivity (Wildman–Crippen MR) is 102 cm³/mol. The summed E-state index contributed by atoms with van der Waals surface area (Å²) in [6.45, 7) is 3.13. The minimum absolute atomic E-state index is 0.0297. The van der Waals surface area contributed by atoms with E-state index in [1.807, 2.05) is 0 Å². The molecule has 3 rings (SSSR count). The molecular weight excluding hydrogens is 344 g/mol. The van der Waals surface area contributed by atoms with E-state index in [2.05, 4.69) is 10.6 Å². The normalized spacial score (nSPS) is 14.1. The molecule has 2 amide bonds. The molecular formula is C21H22N2O4. The summed E-state index contributed by atoms with van der Waals surface area (Å²) in [4.78, 5) is 35.8. The van der Waals surface area contributed by atoms with Crippen LogP contribution in [0.3, 0.4) is 0 Å². The standard InChI is InChI=1S/C21H22N2O4/c1-13(24)15-6-10-19(11-7-15)27-14(2)20(25)23-18-5-3-4-16(12-18)21(26)22-17-8-9-17/h3-7,10-12,14,17H,8-9H2,1-2H3,(H,22,26)(H,23,25). The monoisotopic (exact) mass is 366 g/mol. The zero-order valence-electron chi connectivity index (χ0n) is 15.3. The Hall–Kier alpha value is -3.15. The van der Waals surface area contributed by atoms with E-state index in [4.69, 9.17) is 4.74 Å². The van der Waals surface area contributed by atoms with Gasteiger partial charge in [0.05, 0.1) is 0 Å². The highest BCUT2D eigenvalue weighted by molar-refractivity contribution is 5.98. The van der Waals surface area contributed by atoms with Gasteiger partial charge >= 0.3 is 0 Å². The van der Waals surface area contributed by atoms with Gasteiger partial charge in [-0.05, 0) is 69.2 Å². The molecule has 1 unspecified atom stereocenters. The van der Waals surface area contributed by atoms with Crippen LogP contribution < -0.4 is 15.4 Å². The van der Waals surface area contributed by atoms with Crippen molar-refractivity contribution in [1.82, 2.24) is 5.32 Å². The fourth-order valence-corrected chi connectivity index (χ4v) is 2.50. The van der Waals surface area contributed by atoms with Crippen LogP contribution >= 0.6 is 0 Å². The Morgan fingerprint density at radius 2 is 1.74 bits per heavy atom. The van der Waals surface area contributed by atoms with Gasteiger partial charge in [-0.2, -0.15) is 0 Å². The molecule has 0 aliphatic heterocycles. The van der Waals surface area contributed by atoms with Crippen LogP contribution in [-0.4, -0.2) is 29.7 Å². The second-order valence-electron chi connectivity index (χ2n) is 6.66. The first-order valence-electron chi connectivity index (χ1n) is 8.92. The minimum Gasteiger partial charge on any atom is -0.481 e. The largest absolute Gasteiger partial charge is 0.481 e. The first kappa shape index (κ1) is 18.6. The van der Waals surface area contributed by atoms with Gasteiger partial charge in [0.1, 0.15) is 5.75 Å². The smallest absolute Gasteiger partial charge is 0.265 e. The van der Waals surface area contributed by atoms with Crippen LogP contribution in [0.5, 0.6) is 5.75 Å². The Kier molecular flexibility index (Phi) is 5.54. The first-order chi connectivity index (χ1) is 12.9. The van der Waals surface area contributed by atoms with Gasteiger partial charge in [-0.3, -0.25) is 14.4 Å². The fraction of sp³-hybridized carbons (Fsp3) is 0.286. The average molecular weight is 366 g/mol. The zero-order chi connectivity index (χ0) is 19.4. The van der Waals surface area contributed by atoms with Crippen LogP contribution in [0, 0.1) is 0 Å². The van der Waals surface area contributed by atoms with Gasteiger partial charge in [0.25, 0.3) is 11.8 Å². The van der Waals surface area contributed by atoms with Crippen molar-refractivity contribution >= 4 is 23.3 Å². The van der Waals surface area contributed by atoms with Crippen LogP contribution in [-0.2, 0) is 4.79 Å². The van der Waals surface area contributed by atoms with Gasteiger partial charge in [0, 0.05) is 22.9 Å². The molecule has 1 atom stereocenters. The number of hydrogen-bond acceptors (Lipinski definition) is 4. The second kappa shape index (κ2) is 8.03. The number of anilines is 1. The van der Waals surface area contributed by atoms with Gasteiger partial charge in [-0.15, -0.1) is 0 Å². The lowest BCUT2D eigenvalue weighted by atomic mass is 10.1. The topological polar surface area (TPSA) is 84.5 Å². The van der Waals surface area contributed by atoms with Crippen molar-refractivity contribution < 1.29 is 19.1 Å². The molecule has 0 heterocycles. The summed E-state index contributed by atoms with van der Waals surface area (Å²) < 4.78 is 5.62. The number of benzene rings is 2.